The molecule has 0 radical (unpaired) electrons. The first-order valence-electron chi connectivity index (χ1n) is 5.70. The van der Waals surface area contributed by atoms with Gasteiger partial charge in [-0.05, 0) is 24.3 Å². The molecule has 20 heavy (non-hydrogen) atoms. The summed E-state index contributed by atoms with van der Waals surface area (Å²) in [6.45, 7) is 0. The maximum Gasteiger partial charge on any atom is 0.321 e. The number of hydrogen-bond donors (Lipinski definition) is 2. The Morgan fingerprint density at radius 3 is 2.75 bits per heavy atom. The van der Waals surface area contributed by atoms with Gasteiger partial charge < -0.3 is 15.3 Å². The quantitative estimate of drug-likeness (QED) is 0.833. The summed E-state index contributed by atoms with van der Waals surface area (Å²) in [5, 5.41) is 16.3. The van der Waals surface area contributed by atoms with Crippen molar-refractivity contribution in [3.63, 3.8) is 0 Å². The normalized spacial score (nSPS) is 12.3. The predicted octanol–water partition coefficient (Wildman–Crippen LogP) is 1.52. The Labute approximate surface area is 118 Å². The van der Waals surface area contributed by atoms with Gasteiger partial charge in [0.2, 0.25) is 11.8 Å². The third kappa shape index (κ3) is 3.78. The van der Waals surface area contributed by atoms with Gasteiger partial charge in [-0.1, -0.05) is 0 Å². The van der Waals surface area contributed by atoms with E-state index in [1.54, 1.807) is 12.1 Å². The number of nitrogens with zero attached hydrogens (tertiary/aromatic N) is 2. The van der Waals surface area contributed by atoms with E-state index in [-0.39, 0.29) is 11.6 Å². The number of benzene rings is 1. The summed E-state index contributed by atoms with van der Waals surface area (Å²) in [6, 6.07) is 4.78. The van der Waals surface area contributed by atoms with Crippen LogP contribution in [0.3, 0.4) is 0 Å². The van der Waals surface area contributed by atoms with Crippen LogP contribution < -0.4 is 5.73 Å². The molecule has 3 N–H and O–H groups in total. The van der Waals surface area contributed by atoms with Crippen molar-refractivity contribution >= 4 is 17.7 Å². The smallest absolute Gasteiger partial charge is 0.321 e. The SMILES string of the molecule is N[C@@H](CSCc1nnc(-c2ccc(F)cc2)o1)C(=O)O. The molecule has 2 rings (SSSR count). The number of hydrogen-bond acceptors (Lipinski definition) is 6. The lowest BCUT2D eigenvalue weighted by Crippen LogP contribution is -2.32. The minimum absolute atomic E-state index is 0.254. The number of carbonyl (C=O) groups is 1. The molecule has 0 saturated heterocycles. The van der Waals surface area contributed by atoms with E-state index in [1.807, 2.05) is 0 Å². The molecule has 1 aromatic carbocycles. The second-order valence-corrected chi connectivity index (χ2v) is 5.00. The van der Waals surface area contributed by atoms with E-state index in [0.29, 0.717) is 23.1 Å². The lowest BCUT2D eigenvalue weighted by molar-refractivity contribution is -0.137. The highest BCUT2D eigenvalue weighted by molar-refractivity contribution is 7.98. The minimum atomic E-state index is -1.05. The Kier molecular flexibility index (Phi) is 4.70. The number of aromatic nitrogens is 2. The van der Waals surface area contributed by atoms with E-state index < -0.39 is 12.0 Å². The first-order chi connectivity index (χ1) is 9.56. The zero-order chi connectivity index (χ0) is 14.5. The first kappa shape index (κ1) is 14.5. The summed E-state index contributed by atoms with van der Waals surface area (Å²) in [5.74, 6) is -0.101. The average molecular weight is 297 g/mol. The fourth-order valence-electron chi connectivity index (χ4n) is 1.37. The first-order valence-corrected chi connectivity index (χ1v) is 6.86. The van der Waals surface area contributed by atoms with Crippen LogP contribution in [0, 0.1) is 5.82 Å². The van der Waals surface area contributed by atoms with Gasteiger partial charge in [-0.25, -0.2) is 4.39 Å². The Morgan fingerprint density at radius 2 is 2.10 bits per heavy atom. The van der Waals surface area contributed by atoms with Crippen LogP contribution in [-0.2, 0) is 10.5 Å². The van der Waals surface area contributed by atoms with Gasteiger partial charge in [0.25, 0.3) is 0 Å². The molecule has 106 valence electrons. The number of carboxylic acids is 1. The van der Waals surface area contributed by atoms with Crippen molar-refractivity contribution in [2.75, 3.05) is 5.75 Å². The molecular formula is C12H12FN3O3S. The van der Waals surface area contributed by atoms with E-state index in [2.05, 4.69) is 10.2 Å². The summed E-state index contributed by atoms with van der Waals surface area (Å²) in [7, 11) is 0. The third-order valence-corrected chi connectivity index (χ3v) is 3.44. The van der Waals surface area contributed by atoms with Crippen molar-refractivity contribution in [3.8, 4) is 11.5 Å². The van der Waals surface area contributed by atoms with Crippen LogP contribution in [0.25, 0.3) is 11.5 Å². The van der Waals surface area contributed by atoms with E-state index in [1.165, 1.54) is 23.9 Å². The third-order valence-electron chi connectivity index (χ3n) is 2.40. The molecular weight excluding hydrogens is 285 g/mol. The largest absolute Gasteiger partial charge is 0.480 e. The van der Waals surface area contributed by atoms with Crippen LogP contribution in [-0.4, -0.2) is 33.1 Å². The molecule has 0 bridgehead atoms. The second-order valence-electron chi connectivity index (χ2n) is 3.97. The van der Waals surface area contributed by atoms with Crippen molar-refractivity contribution in [2.45, 2.75) is 11.8 Å². The lowest BCUT2D eigenvalue weighted by atomic mass is 10.2. The highest BCUT2D eigenvalue weighted by Crippen LogP contribution is 2.20. The molecule has 0 aliphatic carbocycles. The van der Waals surface area contributed by atoms with E-state index in [4.69, 9.17) is 15.3 Å². The van der Waals surface area contributed by atoms with Crippen molar-refractivity contribution in [1.29, 1.82) is 0 Å². The molecule has 6 nitrogen and oxygen atoms in total. The molecule has 2 aromatic rings. The topological polar surface area (TPSA) is 102 Å². The minimum Gasteiger partial charge on any atom is -0.480 e. The molecule has 1 aromatic heterocycles. The molecule has 1 atom stereocenters. The number of thioether (sulfide) groups is 1. The van der Waals surface area contributed by atoms with Gasteiger partial charge in [-0.2, -0.15) is 0 Å². The van der Waals surface area contributed by atoms with Crippen LogP contribution in [0.15, 0.2) is 28.7 Å². The molecule has 1 heterocycles. The van der Waals surface area contributed by atoms with Crippen LogP contribution in [0.2, 0.25) is 0 Å². The van der Waals surface area contributed by atoms with Gasteiger partial charge >= 0.3 is 5.97 Å². The maximum atomic E-state index is 12.8. The number of rotatable bonds is 6. The summed E-state index contributed by atoms with van der Waals surface area (Å²) >= 11 is 1.29. The molecule has 0 aliphatic rings. The Bertz CT molecular complexity index is 588. The molecule has 0 aliphatic heterocycles. The van der Waals surface area contributed by atoms with Crippen LogP contribution in [0.5, 0.6) is 0 Å². The maximum absolute atomic E-state index is 12.8. The Morgan fingerprint density at radius 1 is 1.40 bits per heavy atom. The van der Waals surface area contributed by atoms with E-state index in [0.717, 1.165) is 0 Å². The summed E-state index contributed by atoms with van der Waals surface area (Å²) in [4.78, 5) is 10.5. The zero-order valence-corrected chi connectivity index (χ0v) is 11.1. The van der Waals surface area contributed by atoms with Gasteiger partial charge in [0.1, 0.15) is 11.9 Å². The number of carboxylic acid groups (broad SMARTS) is 1. The molecule has 0 fully saturated rings. The number of aliphatic carboxylic acids is 1. The van der Waals surface area contributed by atoms with Gasteiger partial charge in [-0.3, -0.25) is 4.79 Å². The summed E-state index contributed by atoms with van der Waals surface area (Å²) in [6.07, 6.45) is 0. The molecule has 8 heteroatoms. The second kappa shape index (κ2) is 6.49. The van der Waals surface area contributed by atoms with E-state index >= 15 is 0 Å². The predicted molar refractivity (Wildman–Crippen MR) is 71.5 cm³/mol. The molecule has 0 saturated carbocycles. The zero-order valence-electron chi connectivity index (χ0n) is 10.3. The summed E-state index contributed by atoms with van der Waals surface area (Å²) < 4.78 is 18.2. The van der Waals surface area contributed by atoms with Crippen molar-refractivity contribution in [2.24, 2.45) is 5.73 Å². The van der Waals surface area contributed by atoms with Crippen LogP contribution in [0.4, 0.5) is 4.39 Å². The fraction of sp³-hybridized carbons (Fsp3) is 0.250. The van der Waals surface area contributed by atoms with Crippen molar-refractivity contribution in [3.05, 3.63) is 36.0 Å². The highest BCUT2D eigenvalue weighted by Gasteiger charge is 2.13. The van der Waals surface area contributed by atoms with E-state index in [9.17, 15) is 9.18 Å². The fourth-order valence-corrected chi connectivity index (χ4v) is 2.17. The molecule has 0 spiro atoms. The van der Waals surface area contributed by atoms with Crippen molar-refractivity contribution in [1.82, 2.24) is 10.2 Å². The Hall–Kier alpha value is -1.93. The van der Waals surface area contributed by atoms with Gasteiger partial charge in [0.05, 0.1) is 5.75 Å². The number of nitrogens with two attached hydrogens (primary N) is 1. The Balaban J connectivity index is 1.92. The highest BCUT2D eigenvalue weighted by atomic mass is 32.2. The van der Waals surface area contributed by atoms with Gasteiger partial charge in [0, 0.05) is 11.3 Å². The molecule has 0 amide bonds. The van der Waals surface area contributed by atoms with Gasteiger partial charge in [-0.15, -0.1) is 22.0 Å². The van der Waals surface area contributed by atoms with Crippen molar-refractivity contribution < 1.29 is 18.7 Å². The number of halogens is 1. The summed E-state index contributed by atoms with van der Waals surface area (Å²) in [5.41, 5.74) is 5.99. The van der Waals surface area contributed by atoms with Gasteiger partial charge in [0.15, 0.2) is 0 Å². The standard InChI is InChI=1S/C12H12FN3O3S/c13-8-3-1-7(2-4-8)11-16-15-10(19-11)6-20-5-9(14)12(17)18/h1-4,9H,5-6,14H2,(H,17,18)/t9-/m0/s1. The lowest BCUT2D eigenvalue weighted by Gasteiger charge is -2.03. The average Bonchev–Trinajstić information content (AvgIpc) is 2.88. The van der Waals surface area contributed by atoms with Crippen LogP contribution in [0.1, 0.15) is 5.89 Å². The van der Waals surface area contributed by atoms with Crippen LogP contribution >= 0.6 is 11.8 Å². The molecule has 0 unspecified atom stereocenters. The monoisotopic (exact) mass is 297 g/mol.